The number of hydrogen-bond donors (Lipinski definition) is 4. The van der Waals surface area contributed by atoms with Crippen LogP contribution in [0, 0.1) is 0 Å². The van der Waals surface area contributed by atoms with E-state index in [0.29, 0.717) is 0 Å². The maximum atomic E-state index is 8.71. The topological polar surface area (TPSA) is 140 Å². The predicted molar refractivity (Wildman–Crippen MR) is 61.1 cm³/mol. The second-order valence-electron chi connectivity index (χ2n) is 3.89. The molecule has 0 amide bonds. The van der Waals surface area contributed by atoms with Crippen LogP contribution in [0.15, 0.2) is 0 Å². The summed E-state index contributed by atoms with van der Waals surface area (Å²) < 4.78 is 17.5. The van der Waals surface area contributed by atoms with E-state index in [1.54, 1.807) is 27.7 Å². The van der Waals surface area contributed by atoms with Gasteiger partial charge >= 0.3 is 24.0 Å². The molecule has 1 heterocycles. The Bertz CT molecular complexity index is 205. The molecule has 4 atom stereocenters. The fourth-order valence-electron chi connectivity index (χ4n) is 0.813. The first kappa shape index (κ1) is 19.8. The van der Waals surface area contributed by atoms with Crippen molar-refractivity contribution < 1.29 is 39.3 Å². The fraction of sp³-hybridized carbons (Fsp3) is 1.00. The second kappa shape index (κ2) is 9.42. The van der Waals surface area contributed by atoms with Crippen molar-refractivity contribution in [1.29, 1.82) is 0 Å². The molecule has 1 fully saturated rings. The molecule has 0 radical (unpaired) electrons. The van der Waals surface area contributed by atoms with Crippen LogP contribution in [0.3, 0.4) is 0 Å². The Morgan fingerprint density at radius 2 is 1.33 bits per heavy atom. The Hall–Kier alpha value is -0.510. The van der Waals surface area contributed by atoms with E-state index in [4.69, 9.17) is 30.0 Å². The van der Waals surface area contributed by atoms with Gasteiger partial charge in [-0.25, -0.2) is 0 Å². The maximum absolute atomic E-state index is 8.71. The first-order chi connectivity index (χ1) is 8.07. The summed E-state index contributed by atoms with van der Waals surface area (Å²) in [6.07, 6.45) is -1.66. The molecule has 8 nitrogen and oxygen atoms in total. The van der Waals surface area contributed by atoms with Crippen molar-refractivity contribution in [1.82, 2.24) is 0 Å². The van der Waals surface area contributed by atoms with Gasteiger partial charge in [-0.05, 0) is 27.7 Å². The van der Waals surface area contributed by atoms with Gasteiger partial charge < -0.3 is 29.6 Å². The van der Waals surface area contributed by atoms with Gasteiger partial charge in [-0.1, -0.05) is 0 Å². The molecule has 0 aromatic rings. The zero-order valence-corrected chi connectivity index (χ0v) is 10.9. The Balaban J connectivity index is 0. The van der Waals surface area contributed by atoms with Crippen molar-refractivity contribution in [2.75, 3.05) is 0 Å². The van der Waals surface area contributed by atoms with Crippen LogP contribution in [0.4, 0.5) is 0 Å². The van der Waals surface area contributed by atoms with E-state index in [2.05, 4.69) is 9.31 Å². The Morgan fingerprint density at radius 3 is 1.39 bits per heavy atom. The molecule has 1 rings (SSSR count). The van der Waals surface area contributed by atoms with E-state index in [9.17, 15) is 0 Å². The van der Waals surface area contributed by atoms with Crippen LogP contribution >= 0.6 is 0 Å². The normalized spacial score (nSPS) is 27.8. The Morgan fingerprint density at radius 1 is 1.11 bits per heavy atom. The summed E-state index contributed by atoms with van der Waals surface area (Å²) in [5.41, 5.74) is 0. The molecule has 0 aromatic carbocycles. The zero-order valence-electron chi connectivity index (χ0n) is 10.9. The molecule has 4 N–H and O–H groups in total. The van der Waals surface area contributed by atoms with Crippen molar-refractivity contribution in [2.24, 2.45) is 0 Å². The fourth-order valence-corrected chi connectivity index (χ4v) is 0.813. The van der Waals surface area contributed by atoms with Crippen molar-refractivity contribution >= 4 is 14.3 Å². The molecule has 0 spiro atoms. The van der Waals surface area contributed by atoms with Crippen LogP contribution in [0.25, 0.3) is 0 Å². The monoisotopic (exact) mass is 266 g/mol. The summed E-state index contributed by atoms with van der Waals surface area (Å²) in [4.78, 5) is 0. The van der Waals surface area contributed by atoms with Gasteiger partial charge in [0.1, 0.15) is 0 Å². The molecule has 0 bridgehead atoms. The number of rotatable bonds is 1. The van der Waals surface area contributed by atoms with Gasteiger partial charge in [0, 0.05) is 12.2 Å². The molecular weight excluding hydrogens is 246 g/mol. The number of aliphatic hydroxyl groups is 2. The van der Waals surface area contributed by atoms with E-state index in [0.717, 1.165) is 0 Å². The molecule has 0 aromatic heterocycles. The van der Waals surface area contributed by atoms with Crippen LogP contribution in [-0.2, 0) is 14.0 Å². The predicted octanol–water partition coefficient (Wildman–Crippen LogP) is -2.71. The van der Waals surface area contributed by atoms with E-state index < -0.39 is 26.5 Å². The van der Waals surface area contributed by atoms with Crippen molar-refractivity contribution in [3.05, 3.63) is 0 Å². The van der Waals surface area contributed by atoms with Crippen LogP contribution in [0.5, 0.6) is 0 Å². The summed E-state index contributed by atoms with van der Waals surface area (Å²) >= 11 is 0. The first-order valence-electron chi connectivity index (χ1n) is 5.42. The molecule has 18 heavy (non-hydrogen) atoms. The molecule has 0 aliphatic carbocycles. The Kier molecular flexibility index (Phi) is 10.4. The third-order valence-electron chi connectivity index (χ3n) is 2.14. The summed E-state index contributed by atoms with van der Waals surface area (Å²) in [5, 5.41) is 42.4. The Labute approximate surface area is 106 Å². The first-order valence-corrected chi connectivity index (χ1v) is 5.42. The molecule has 1 saturated heterocycles. The van der Waals surface area contributed by atoms with Crippen LogP contribution in [-0.4, -0.2) is 59.0 Å². The summed E-state index contributed by atoms with van der Waals surface area (Å²) in [7, 11) is -0.500. The molecule has 108 valence electrons. The third kappa shape index (κ3) is 10.6. The van der Waals surface area contributed by atoms with E-state index >= 15 is 0 Å². The van der Waals surface area contributed by atoms with E-state index in [1.807, 2.05) is 0 Å². The van der Waals surface area contributed by atoms with E-state index in [1.165, 1.54) is 0 Å². The molecule has 0 saturated carbocycles. The summed E-state index contributed by atoms with van der Waals surface area (Å²) in [5.74, 6) is 0. The van der Waals surface area contributed by atoms with Gasteiger partial charge in [0.25, 0.3) is 0 Å². The summed E-state index contributed by atoms with van der Waals surface area (Å²) in [6.45, 7) is 3.59. The average Bonchev–Trinajstić information content (AvgIpc) is 2.40. The van der Waals surface area contributed by atoms with E-state index in [-0.39, 0.29) is 12.2 Å². The average molecular weight is 266 g/mol. The van der Waals surface area contributed by atoms with Gasteiger partial charge in [-0.15, -0.1) is 0 Å². The molecule has 1 aliphatic heterocycles. The van der Waals surface area contributed by atoms with Gasteiger partial charge in [0.2, 0.25) is 0 Å². The molecule has 10 heteroatoms. The minimum absolute atomic E-state index is 0.236. The second-order valence-corrected chi connectivity index (χ2v) is 3.89. The standard InChI is InChI=1S/C4H10BO4.C4H10O2.BO2/c1-3-4(2)9-5(6,7)8-3;1-3(5)4(2)6;2-1-3/h3-4,6-7H,1-2H3;3-6H,1-2H3;/q-1;;-1. The molecule has 1 aliphatic rings. The van der Waals surface area contributed by atoms with Crippen LogP contribution in [0.2, 0.25) is 0 Å². The van der Waals surface area contributed by atoms with Gasteiger partial charge in [-0.3, -0.25) is 0 Å². The number of aliphatic hydroxyl groups excluding tert-OH is 2. The summed E-state index contributed by atoms with van der Waals surface area (Å²) in [6, 6.07) is 0. The number of hydrogen-bond acceptors (Lipinski definition) is 8. The minimum atomic E-state index is -2.95. The SMILES string of the molecule is CC(O)C(C)O.CC1O[B-](O)(O)OC1C.O=B[O-]. The van der Waals surface area contributed by atoms with Crippen molar-refractivity contribution in [3.63, 3.8) is 0 Å². The third-order valence-corrected chi connectivity index (χ3v) is 2.14. The molecular formula is C8H20B2O8-2. The quantitative estimate of drug-likeness (QED) is 0.375. The van der Waals surface area contributed by atoms with Gasteiger partial charge in [0.05, 0.1) is 12.2 Å². The van der Waals surface area contributed by atoms with Gasteiger partial charge in [0.15, 0.2) is 0 Å². The van der Waals surface area contributed by atoms with Gasteiger partial charge in [-0.2, -0.15) is 0 Å². The van der Waals surface area contributed by atoms with Crippen LogP contribution < -0.4 is 5.02 Å². The molecule has 4 unspecified atom stereocenters. The van der Waals surface area contributed by atoms with Crippen molar-refractivity contribution in [3.8, 4) is 0 Å². The van der Waals surface area contributed by atoms with Crippen LogP contribution in [0.1, 0.15) is 27.7 Å². The van der Waals surface area contributed by atoms with Crippen molar-refractivity contribution in [2.45, 2.75) is 52.1 Å². The zero-order chi connectivity index (χ0) is 14.9.